The van der Waals surface area contributed by atoms with E-state index >= 15 is 0 Å². The van der Waals surface area contributed by atoms with E-state index < -0.39 is 0 Å². The molecular formula is C16H27NOPSY-. The molecule has 1 rings (SSSR count). The maximum Gasteiger partial charge on any atom is 0.231 e. The first kappa shape index (κ1) is 23.8. The monoisotopic (exact) mass is 401 g/mol. The summed E-state index contributed by atoms with van der Waals surface area (Å²) in [6.07, 6.45) is 3.62. The van der Waals surface area contributed by atoms with Gasteiger partial charge in [0.2, 0.25) is 5.91 Å². The molecule has 0 aliphatic heterocycles. The van der Waals surface area contributed by atoms with Gasteiger partial charge < -0.3 is 17.9 Å². The number of anilines is 1. The predicted octanol–water partition coefficient (Wildman–Crippen LogP) is 4.19. The van der Waals surface area contributed by atoms with Gasteiger partial charge in [-0.1, -0.05) is 31.0 Å². The van der Waals surface area contributed by atoms with Crippen molar-refractivity contribution >= 4 is 32.8 Å². The molecule has 1 aromatic carbocycles. The molecule has 21 heavy (non-hydrogen) atoms. The number of rotatable bonds is 5. The molecule has 0 bridgehead atoms. The van der Waals surface area contributed by atoms with Crippen LogP contribution in [0.15, 0.2) is 12.1 Å². The molecule has 0 aliphatic carbocycles. The maximum atomic E-state index is 12.2. The Morgan fingerprint density at radius 2 is 1.71 bits per heavy atom. The van der Waals surface area contributed by atoms with Gasteiger partial charge in [0, 0.05) is 38.4 Å². The van der Waals surface area contributed by atoms with Crippen molar-refractivity contribution in [2.45, 2.75) is 46.2 Å². The quantitative estimate of drug-likeness (QED) is 0.592. The number of benzene rings is 1. The Labute approximate surface area is 162 Å². The molecule has 0 aliphatic rings. The van der Waals surface area contributed by atoms with Gasteiger partial charge in [-0.15, -0.1) is 8.58 Å². The summed E-state index contributed by atoms with van der Waals surface area (Å²) in [5, 5.41) is 3.11. The molecule has 2 unspecified atom stereocenters. The van der Waals surface area contributed by atoms with Crippen molar-refractivity contribution in [2.75, 3.05) is 18.2 Å². The van der Waals surface area contributed by atoms with Gasteiger partial charge in [-0.2, -0.15) is 6.26 Å². The summed E-state index contributed by atoms with van der Waals surface area (Å²) in [5.74, 6) is 0.174. The Balaban J connectivity index is 0. The summed E-state index contributed by atoms with van der Waals surface area (Å²) in [5.41, 5.74) is 4.69. The van der Waals surface area contributed by atoms with E-state index in [4.69, 9.17) is 0 Å². The fourth-order valence-electron chi connectivity index (χ4n) is 2.28. The van der Waals surface area contributed by atoms with E-state index in [0.29, 0.717) is 8.58 Å². The second-order valence-electron chi connectivity index (χ2n) is 4.89. The van der Waals surface area contributed by atoms with Gasteiger partial charge in [0.15, 0.2) is 0 Å². The van der Waals surface area contributed by atoms with Gasteiger partial charge in [0.25, 0.3) is 0 Å². The third-order valence-electron chi connectivity index (χ3n) is 3.17. The van der Waals surface area contributed by atoms with Crippen LogP contribution >= 0.6 is 8.58 Å². The number of carbonyl (C=O) groups is 1. The van der Waals surface area contributed by atoms with Gasteiger partial charge in [-0.05, 0) is 45.0 Å². The van der Waals surface area contributed by atoms with E-state index in [1.807, 2.05) is 0 Å². The molecule has 5 heteroatoms. The standard InChI is InChI=1S/C15H24NOP.CH4S.Y/c1-6-7-13(18-5)15(17)16-14-11(3)8-10(2)9-12(14)4;1-2;/h8-9,13,18H,6-7H2,1-5H3,(H,16,17);2H,1H3;/p-1. The summed E-state index contributed by atoms with van der Waals surface area (Å²) >= 11 is 4.08. The smallest absolute Gasteiger partial charge is 0.231 e. The van der Waals surface area contributed by atoms with Crippen molar-refractivity contribution in [3.63, 3.8) is 0 Å². The van der Waals surface area contributed by atoms with Crippen molar-refractivity contribution < 1.29 is 37.5 Å². The van der Waals surface area contributed by atoms with Gasteiger partial charge in [0.1, 0.15) is 0 Å². The molecule has 0 aromatic heterocycles. The van der Waals surface area contributed by atoms with Gasteiger partial charge in [0.05, 0.1) is 5.66 Å². The molecule has 0 saturated carbocycles. The molecule has 1 aromatic rings. The summed E-state index contributed by atoms with van der Waals surface area (Å²) in [6.45, 7) is 10.4. The molecule has 0 spiro atoms. The molecule has 1 N–H and O–H groups in total. The van der Waals surface area contributed by atoms with Crippen LogP contribution in [-0.2, 0) is 50.1 Å². The average Bonchev–Trinajstić information content (AvgIpc) is 2.42. The van der Waals surface area contributed by atoms with Crippen molar-refractivity contribution in [1.29, 1.82) is 0 Å². The summed E-state index contributed by atoms with van der Waals surface area (Å²) < 4.78 is 0. The number of nitrogens with one attached hydrogen (secondary N) is 1. The zero-order valence-electron chi connectivity index (χ0n) is 14.0. The molecule has 117 valence electrons. The third-order valence-corrected chi connectivity index (χ3v) is 4.42. The van der Waals surface area contributed by atoms with Crippen LogP contribution < -0.4 is 5.32 Å². The van der Waals surface area contributed by atoms with E-state index in [1.165, 1.54) is 5.56 Å². The van der Waals surface area contributed by atoms with Crippen molar-refractivity contribution in [2.24, 2.45) is 0 Å². The maximum absolute atomic E-state index is 12.2. The first-order valence-corrected chi connectivity index (χ1v) is 9.35. The molecule has 1 amide bonds. The van der Waals surface area contributed by atoms with Gasteiger partial charge in [-0.3, -0.25) is 4.79 Å². The van der Waals surface area contributed by atoms with Crippen LogP contribution in [0.4, 0.5) is 5.69 Å². The van der Waals surface area contributed by atoms with Crippen LogP contribution in [0.3, 0.4) is 0 Å². The van der Waals surface area contributed by atoms with E-state index in [-0.39, 0.29) is 44.3 Å². The van der Waals surface area contributed by atoms with Crippen molar-refractivity contribution in [1.82, 2.24) is 0 Å². The van der Waals surface area contributed by atoms with Crippen LogP contribution in [0.25, 0.3) is 0 Å². The average molecular weight is 401 g/mol. The Morgan fingerprint density at radius 3 is 2.10 bits per heavy atom. The summed E-state index contributed by atoms with van der Waals surface area (Å²) in [4.78, 5) is 12.2. The summed E-state index contributed by atoms with van der Waals surface area (Å²) in [7, 11) is 0.667. The SMILES string of the molecule is CCCC(PC)C(=O)Nc1c(C)cc(C)cc1C.C[S-].[Y]. The van der Waals surface area contributed by atoms with E-state index in [9.17, 15) is 4.79 Å². The molecule has 1 radical (unpaired) electrons. The number of aryl methyl sites for hydroxylation is 3. The normalized spacial score (nSPS) is 11.4. The second kappa shape index (κ2) is 13.1. The van der Waals surface area contributed by atoms with Crippen LogP contribution in [0.1, 0.15) is 36.5 Å². The Kier molecular flexibility index (Phi) is 14.8. The zero-order chi connectivity index (χ0) is 15.7. The molecule has 2 nitrogen and oxygen atoms in total. The van der Waals surface area contributed by atoms with Crippen LogP contribution in [-0.4, -0.2) is 24.5 Å². The predicted molar refractivity (Wildman–Crippen MR) is 95.5 cm³/mol. The van der Waals surface area contributed by atoms with E-state index in [2.05, 4.69) is 64.4 Å². The number of hydrogen-bond donors (Lipinski definition) is 1. The number of hydrogen-bond acceptors (Lipinski definition) is 2. The molecule has 2 atom stereocenters. The minimum absolute atomic E-state index is 0. The first-order valence-electron chi connectivity index (χ1n) is 6.96. The minimum atomic E-state index is 0. The van der Waals surface area contributed by atoms with Gasteiger partial charge in [-0.25, -0.2) is 0 Å². The Bertz CT molecular complexity index is 417. The van der Waals surface area contributed by atoms with Crippen LogP contribution in [0.5, 0.6) is 0 Å². The second-order valence-corrected chi connectivity index (χ2v) is 6.17. The molecule has 0 fully saturated rings. The molecular weight excluding hydrogens is 374 g/mol. The van der Waals surface area contributed by atoms with Crippen molar-refractivity contribution in [3.8, 4) is 0 Å². The fraction of sp³-hybridized carbons (Fsp3) is 0.562. The topological polar surface area (TPSA) is 29.1 Å². The zero-order valence-corrected chi connectivity index (χ0v) is 18.7. The van der Waals surface area contributed by atoms with Crippen LogP contribution in [0, 0.1) is 20.8 Å². The summed E-state index contributed by atoms with van der Waals surface area (Å²) in [6, 6.07) is 4.23. The Hall–Kier alpha value is 0.574. The largest absolute Gasteiger partial charge is 0.796 e. The molecule has 0 saturated heterocycles. The van der Waals surface area contributed by atoms with E-state index in [1.54, 1.807) is 6.26 Å². The van der Waals surface area contributed by atoms with E-state index in [0.717, 1.165) is 29.7 Å². The van der Waals surface area contributed by atoms with Crippen molar-refractivity contribution in [3.05, 3.63) is 28.8 Å². The third kappa shape index (κ3) is 8.12. The van der Waals surface area contributed by atoms with Crippen LogP contribution in [0.2, 0.25) is 0 Å². The first-order chi connectivity index (χ1) is 9.49. The fourth-order valence-corrected chi connectivity index (χ4v) is 3.19. The minimum Gasteiger partial charge on any atom is -0.796 e. The number of amides is 1. The van der Waals surface area contributed by atoms with Gasteiger partial charge >= 0.3 is 0 Å². The molecule has 0 heterocycles. The Morgan fingerprint density at radius 1 is 1.24 bits per heavy atom. The number of carbonyl (C=O) groups excluding carboxylic acids is 1.